The zero-order valence-corrected chi connectivity index (χ0v) is 19.8. The standard InChI is InChI=1S/C24H27F2N7O2/c1-4-20(18-7-24(18,25)26)32-11-16(9-29-32)22-21-5-6-27-33(21)13-19(30-22)15-8-28-31(10-15)12-17-14-34-23(2,3)35-17/h5-6,8-11,13,17-18,20H,4,7,12,14H2,1-3H3/t17?,18?,20-/m1/s1. The molecule has 9 nitrogen and oxygen atoms in total. The van der Waals surface area contributed by atoms with Crippen LogP contribution in [0.4, 0.5) is 8.78 Å². The summed E-state index contributed by atoms with van der Waals surface area (Å²) in [6.45, 7) is 6.78. The topological polar surface area (TPSA) is 84.3 Å². The van der Waals surface area contributed by atoms with Crippen molar-refractivity contribution in [3.05, 3.63) is 43.2 Å². The second-order valence-corrected chi connectivity index (χ2v) is 9.79. The minimum Gasteiger partial charge on any atom is -0.348 e. The molecule has 3 atom stereocenters. The van der Waals surface area contributed by atoms with Gasteiger partial charge in [0.05, 0.1) is 66.8 Å². The van der Waals surface area contributed by atoms with Crippen LogP contribution in [0.25, 0.3) is 28.0 Å². The molecule has 4 aromatic rings. The van der Waals surface area contributed by atoms with Gasteiger partial charge in [0, 0.05) is 29.9 Å². The van der Waals surface area contributed by atoms with E-state index < -0.39 is 17.6 Å². The SMILES string of the molecule is CC[C@H](C1CC1(F)F)n1cc(-c2nc(-c3cnn(CC4COC(C)(C)O4)c3)cn3nccc23)cn1. The van der Waals surface area contributed by atoms with E-state index in [-0.39, 0.29) is 18.6 Å². The molecular formula is C24H27F2N7O2. The molecule has 0 N–H and O–H groups in total. The summed E-state index contributed by atoms with van der Waals surface area (Å²) in [6, 6.07) is 1.53. The van der Waals surface area contributed by atoms with Crippen molar-refractivity contribution in [2.24, 2.45) is 5.92 Å². The van der Waals surface area contributed by atoms with Crippen LogP contribution < -0.4 is 0 Å². The van der Waals surface area contributed by atoms with Gasteiger partial charge in [0.1, 0.15) is 6.10 Å². The van der Waals surface area contributed by atoms with Gasteiger partial charge in [-0.2, -0.15) is 15.3 Å². The second-order valence-electron chi connectivity index (χ2n) is 9.79. The van der Waals surface area contributed by atoms with Gasteiger partial charge in [-0.3, -0.25) is 9.36 Å². The monoisotopic (exact) mass is 483 g/mol. The first kappa shape index (κ1) is 22.3. The van der Waals surface area contributed by atoms with Gasteiger partial charge in [-0.05, 0) is 26.3 Å². The molecule has 11 heteroatoms. The summed E-state index contributed by atoms with van der Waals surface area (Å²) < 4.78 is 44.2. The number of alkyl halides is 2. The Balaban J connectivity index is 1.30. The average Bonchev–Trinajstić information content (AvgIpc) is 3.41. The lowest BCUT2D eigenvalue weighted by molar-refractivity contribution is -0.139. The predicted octanol–water partition coefficient (Wildman–Crippen LogP) is 4.21. The van der Waals surface area contributed by atoms with E-state index in [0.717, 1.165) is 16.6 Å². The molecule has 2 aliphatic rings. The number of rotatable bonds is 7. The Morgan fingerprint density at radius 2 is 1.91 bits per heavy atom. The Bertz CT molecular complexity index is 1380. The third-order valence-corrected chi connectivity index (χ3v) is 6.75. The molecule has 1 aliphatic carbocycles. The van der Waals surface area contributed by atoms with E-state index in [4.69, 9.17) is 14.5 Å². The van der Waals surface area contributed by atoms with Crippen LogP contribution >= 0.6 is 0 Å². The van der Waals surface area contributed by atoms with Gasteiger partial charge >= 0.3 is 0 Å². The summed E-state index contributed by atoms with van der Waals surface area (Å²) >= 11 is 0. The highest BCUT2D eigenvalue weighted by atomic mass is 19.3. The lowest BCUT2D eigenvalue weighted by Gasteiger charge is -2.16. The van der Waals surface area contributed by atoms with Crippen LogP contribution in [0.5, 0.6) is 0 Å². The first-order chi connectivity index (χ1) is 16.7. The number of hydrogen-bond acceptors (Lipinski definition) is 6. The molecule has 1 aliphatic heterocycles. The van der Waals surface area contributed by atoms with Gasteiger partial charge in [-0.15, -0.1) is 0 Å². The fourth-order valence-electron chi connectivity index (χ4n) is 4.89. The number of halogens is 2. The van der Waals surface area contributed by atoms with Crippen LogP contribution in [0.2, 0.25) is 0 Å². The largest absolute Gasteiger partial charge is 0.348 e. The molecule has 5 heterocycles. The fourth-order valence-corrected chi connectivity index (χ4v) is 4.89. The fraction of sp³-hybridized carbons (Fsp3) is 0.500. The summed E-state index contributed by atoms with van der Waals surface area (Å²) in [5, 5.41) is 13.3. The molecule has 184 valence electrons. The number of nitrogens with zero attached hydrogens (tertiary/aromatic N) is 7. The molecule has 0 radical (unpaired) electrons. The number of hydrogen-bond donors (Lipinski definition) is 0. The highest BCUT2D eigenvalue weighted by Crippen LogP contribution is 2.55. The van der Waals surface area contributed by atoms with Crippen molar-refractivity contribution in [2.75, 3.05) is 6.61 Å². The average molecular weight is 484 g/mol. The van der Waals surface area contributed by atoms with Crippen molar-refractivity contribution in [1.82, 2.24) is 34.2 Å². The third-order valence-electron chi connectivity index (χ3n) is 6.75. The molecule has 0 spiro atoms. The Kier molecular flexibility index (Phi) is 5.05. The molecule has 1 saturated heterocycles. The van der Waals surface area contributed by atoms with Crippen molar-refractivity contribution in [3.8, 4) is 22.5 Å². The molecule has 6 rings (SSSR count). The van der Waals surface area contributed by atoms with Gasteiger partial charge < -0.3 is 9.47 Å². The molecule has 0 amide bonds. The van der Waals surface area contributed by atoms with E-state index in [1.165, 1.54) is 0 Å². The second kappa shape index (κ2) is 7.92. The van der Waals surface area contributed by atoms with Crippen molar-refractivity contribution in [1.29, 1.82) is 0 Å². The van der Waals surface area contributed by atoms with E-state index in [1.807, 2.05) is 50.1 Å². The number of aromatic nitrogens is 7. The highest BCUT2D eigenvalue weighted by molar-refractivity contribution is 5.78. The number of ether oxygens (including phenoxy) is 2. The summed E-state index contributed by atoms with van der Waals surface area (Å²) in [5.74, 6) is -3.85. The van der Waals surface area contributed by atoms with Crippen LogP contribution in [0, 0.1) is 5.92 Å². The zero-order valence-electron chi connectivity index (χ0n) is 19.8. The quantitative estimate of drug-likeness (QED) is 0.392. The molecule has 35 heavy (non-hydrogen) atoms. The minimum absolute atomic E-state index is 0.0777. The van der Waals surface area contributed by atoms with E-state index in [2.05, 4.69) is 15.3 Å². The Morgan fingerprint density at radius 3 is 2.63 bits per heavy atom. The smallest absolute Gasteiger partial charge is 0.253 e. The zero-order chi connectivity index (χ0) is 24.4. The molecule has 0 aromatic carbocycles. The van der Waals surface area contributed by atoms with Crippen LogP contribution in [0.1, 0.15) is 39.7 Å². The van der Waals surface area contributed by atoms with E-state index in [0.29, 0.717) is 31.0 Å². The predicted molar refractivity (Wildman–Crippen MR) is 123 cm³/mol. The van der Waals surface area contributed by atoms with Gasteiger partial charge in [-0.25, -0.2) is 18.3 Å². The maximum Gasteiger partial charge on any atom is 0.253 e. The Hall–Kier alpha value is -3.18. The van der Waals surface area contributed by atoms with Crippen molar-refractivity contribution in [2.45, 2.75) is 64.0 Å². The first-order valence-electron chi connectivity index (χ1n) is 11.8. The molecule has 4 aromatic heterocycles. The summed E-state index contributed by atoms with van der Waals surface area (Å²) in [6.07, 6.45) is 11.2. The highest BCUT2D eigenvalue weighted by Gasteiger charge is 2.60. The third kappa shape index (κ3) is 4.12. The normalized spacial score (nSPS) is 23.7. The van der Waals surface area contributed by atoms with Gasteiger partial charge in [0.2, 0.25) is 0 Å². The van der Waals surface area contributed by atoms with E-state index in [1.54, 1.807) is 27.8 Å². The van der Waals surface area contributed by atoms with Gasteiger partial charge in [0.25, 0.3) is 5.92 Å². The lowest BCUT2D eigenvalue weighted by Crippen LogP contribution is -2.24. The lowest BCUT2D eigenvalue weighted by atomic mass is 10.1. The molecule has 2 unspecified atom stereocenters. The van der Waals surface area contributed by atoms with Gasteiger partial charge in [0.15, 0.2) is 5.79 Å². The number of fused-ring (bicyclic) bond motifs is 1. The van der Waals surface area contributed by atoms with Crippen molar-refractivity contribution < 1.29 is 18.3 Å². The molecule has 0 bridgehead atoms. The molecular weight excluding hydrogens is 456 g/mol. The summed E-state index contributed by atoms with van der Waals surface area (Å²) in [4.78, 5) is 4.90. The van der Waals surface area contributed by atoms with Gasteiger partial charge in [-0.1, -0.05) is 6.92 Å². The van der Waals surface area contributed by atoms with Crippen LogP contribution in [-0.2, 0) is 16.0 Å². The van der Waals surface area contributed by atoms with Crippen LogP contribution in [-0.4, -0.2) is 58.6 Å². The van der Waals surface area contributed by atoms with E-state index in [9.17, 15) is 8.78 Å². The Labute approximate surface area is 200 Å². The maximum absolute atomic E-state index is 13.7. The van der Waals surface area contributed by atoms with Crippen molar-refractivity contribution in [3.63, 3.8) is 0 Å². The van der Waals surface area contributed by atoms with E-state index >= 15 is 0 Å². The molecule has 2 fully saturated rings. The minimum atomic E-state index is -2.60. The Morgan fingerprint density at radius 1 is 1.11 bits per heavy atom. The van der Waals surface area contributed by atoms with Crippen LogP contribution in [0.3, 0.4) is 0 Å². The summed E-state index contributed by atoms with van der Waals surface area (Å²) in [7, 11) is 0. The molecule has 1 saturated carbocycles. The summed E-state index contributed by atoms with van der Waals surface area (Å²) in [5.41, 5.74) is 3.78. The van der Waals surface area contributed by atoms with Crippen LogP contribution in [0.15, 0.2) is 43.2 Å². The maximum atomic E-state index is 13.7. The van der Waals surface area contributed by atoms with Crippen molar-refractivity contribution >= 4 is 5.52 Å². The first-order valence-corrected chi connectivity index (χ1v) is 11.8.